The van der Waals surface area contributed by atoms with Crippen molar-refractivity contribution >= 4 is 21.4 Å². The third-order valence-electron chi connectivity index (χ3n) is 3.96. The van der Waals surface area contributed by atoms with Crippen molar-refractivity contribution in [2.24, 2.45) is 5.73 Å². The molecule has 1 saturated heterocycles. The Morgan fingerprint density at radius 1 is 1.42 bits per heavy atom. The molecule has 1 aliphatic heterocycles. The first-order chi connectivity index (χ1) is 9.31. The quantitative estimate of drug-likeness (QED) is 0.933. The molecular weight excluding hydrogens is 256 g/mol. The lowest BCUT2D eigenvalue weighted by Gasteiger charge is -2.26. The van der Waals surface area contributed by atoms with Crippen LogP contribution in [0.3, 0.4) is 0 Å². The summed E-state index contributed by atoms with van der Waals surface area (Å²) in [6.07, 6.45) is 1.07. The second-order valence-corrected chi connectivity index (χ2v) is 6.02. The van der Waals surface area contributed by atoms with Gasteiger partial charge in [-0.2, -0.15) is 0 Å². The highest BCUT2D eigenvalue weighted by Crippen LogP contribution is 2.38. The maximum absolute atomic E-state index is 6.35. The SMILES string of the molecule is COCCN1CCC(N)C1c1csc2ccccc12. The molecule has 2 aromatic rings. The number of nitrogens with two attached hydrogens (primary N) is 1. The molecule has 2 atom stereocenters. The van der Waals surface area contributed by atoms with Gasteiger partial charge in [-0.3, -0.25) is 4.90 Å². The summed E-state index contributed by atoms with van der Waals surface area (Å²) < 4.78 is 6.56. The highest BCUT2D eigenvalue weighted by Gasteiger charge is 2.33. The van der Waals surface area contributed by atoms with Crippen LogP contribution in [0.2, 0.25) is 0 Å². The van der Waals surface area contributed by atoms with E-state index >= 15 is 0 Å². The second-order valence-electron chi connectivity index (χ2n) is 5.11. The van der Waals surface area contributed by atoms with Crippen molar-refractivity contribution < 1.29 is 4.74 Å². The van der Waals surface area contributed by atoms with Crippen LogP contribution in [0.1, 0.15) is 18.0 Å². The van der Waals surface area contributed by atoms with Crippen LogP contribution in [0.15, 0.2) is 29.6 Å². The van der Waals surface area contributed by atoms with Crippen LogP contribution in [0.4, 0.5) is 0 Å². The average Bonchev–Trinajstić information content (AvgIpc) is 3.00. The van der Waals surface area contributed by atoms with E-state index in [1.807, 2.05) is 11.3 Å². The number of nitrogens with zero attached hydrogens (tertiary/aromatic N) is 1. The Labute approximate surface area is 118 Å². The molecule has 3 nitrogen and oxygen atoms in total. The number of rotatable bonds is 4. The standard InChI is InChI=1S/C15H20N2OS/c1-18-9-8-17-7-6-13(16)15(17)12-10-19-14-5-3-2-4-11(12)14/h2-5,10,13,15H,6-9,16H2,1H3. The largest absolute Gasteiger partial charge is 0.383 e. The summed E-state index contributed by atoms with van der Waals surface area (Å²) in [6, 6.07) is 9.17. The summed E-state index contributed by atoms with van der Waals surface area (Å²) >= 11 is 1.82. The third kappa shape index (κ3) is 2.41. The molecule has 1 aliphatic rings. The van der Waals surface area contributed by atoms with Gasteiger partial charge in [-0.05, 0) is 28.8 Å². The Bertz CT molecular complexity index is 554. The van der Waals surface area contributed by atoms with Gasteiger partial charge in [-0.25, -0.2) is 0 Å². The fraction of sp³-hybridized carbons (Fsp3) is 0.467. The van der Waals surface area contributed by atoms with Crippen LogP contribution in [0.25, 0.3) is 10.1 Å². The van der Waals surface area contributed by atoms with Gasteiger partial charge >= 0.3 is 0 Å². The van der Waals surface area contributed by atoms with Gasteiger partial charge in [0.2, 0.25) is 0 Å². The molecule has 2 heterocycles. The minimum atomic E-state index is 0.231. The zero-order valence-corrected chi connectivity index (χ0v) is 12.0. The smallest absolute Gasteiger partial charge is 0.0589 e. The number of fused-ring (bicyclic) bond motifs is 1. The molecular formula is C15H20N2OS. The minimum Gasteiger partial charge on any atom is -0.383 e. The van der Waals surface area contributed by atoms with E-state index in [2.05, 4.69) is 34.5 Å². The van der Waals surface area contributed by atoms with Gasteiger partial charge in [0, 0.05) is 30.9 Å². The van der Waals surface area contributed by atoms with Gasteiger partial charge in [0.05, 0.1) is 12.6 Å². The Morgan fingerprint density at radius 2 is 2.26 bits per heavy atom. The summed E-state index contributed by atoms with van der Waals surface area (Å²) in [4.78, 5) is 2.46. The van der Waals surface area contributed by atoms with Crippen molar-refractivity contribution in [3.8, 4) is 0 Å². The average molecular weight is 276 g/mol. The first-order valence-corrected chi connectivity index (χ1v) is 7.64. The van der Waals surface area contributed by atoms with Gasteiger partial charge in [-0.1, -0.05) is 18.2 Å². The predicted molar refractivity (Wildman–Crippen MR) is 80.6 cm³/mol. The van der Waals surface area contributed by atoms with E-state index in [1.54, 1.807) is 7.11 Å². The number of thiophene rings is 1. The van der Waals surface area contributed by atoms with Gasteiger partial charge in [0.15, 0.2) is 0 Å². The van der Waals surface area contributed by atoms with Gasteiger partial charge in [0.25, 0.3) is 0 Å². The highest BCUT2D eigenvalue weighted by atomic mass is 32.1. The predicted octanol–water partition coefficient (Wildman–Crippen LogP) is 2.62. The molecule has 102 valence electrons. The van der Waals surface area contributed by atoms with Crippen molar-refractivity contribution in [3.63, 3.8) is 0 Å². The first-order valence-electron chi connectivity index (χ1n) is 6.76. The Balaban J connectivity index is 1.94. The summed E-state index contributed by atoms with van der Waals surface area (Å²) in [7, 11) is 1.75. The molecule has 0 radical (unpaired) electrons. The monoisotopic (exact) mass is 276 g/mol. The molecule has 19 heavy (non-hydrogen) atoms. The van der Waals surface area contributed by atoms with E-state index < -0.39 is 0 Å². The van der Waals surface area contributed by atoms with Crippen molar-refractivity contribution in [2.75, 3.05) is 26.8 Å². The zero-order chi connectivity index (χ0) is 13.2. The van der Waals surface area contributed by atoms with Crippen molar-refractivity contribution in [2.45, 2.75) is 18.5 Å². The molecule has 0 amide bonds. The van der Waals surface area contributed by atoms with Gasteiger partial charge < -0.3 is 10.5 Å². The minimum absolute atomic E-state index is 0.231. The number of benzene rings is 1. The zero-order valence-electron chi connectivity index (χ0n) is 11.2. The van der Waals surface area contributed by atoms with E-state index in [-0.39, 0.29) is 6.04 Å². The molecule has 0 bridgehead atoms. The highest BCUT2D eigenvalue weighted by molar-refractivity contribution is 7.17. The summed E-state index contributed by atoms with van der Waals surface area (Å²) in [5.41, 5.74) is 7.74. The Hall–Kier alpha value is -0.940. The Morgan fingerprint density at radius 3 is 3.11 bits per heavy atom. The van der Waals surface area contributed by atoms with E-state index in [1.165, 1.54) is 15.6 Å². The molecule has 4 heteroatoms. The molecule has 0 saturated carbocycles. The lowest BCUT2D eigenvalue weighted by atomic mass is 10.00. The molecule has 1 fully saturated rings. The molecule has 2 unspecified atom stereocenters. The van der Waals surface area contributed by atoms with E-state index in [4.69, 9.17) is 10.5 Å². The topological polar surface area (TPSA) is 38.5 Å². The fourth-order valence-electron chi connectivity index (χ4n) is 3.00. The van der Waals surface area contributed by atoms with Crippen LogP contribution in [-0.4, -0.2) is 37.7 Å². The maximum atomic E-state index is 6.35. The van der Waals surface area contributed by atoms with E-state index in [9.17, 15) is 0 Å². The number of ether oxygens (including phenoxy) is 1. The number of likely N-dealkylation sites (tertiary alicyclic amines) is 1. The number of methoxy groups -OCH3 is 1. The molecule has 1 aromatic heterocycles. The Kier molecular flexibility index (Phi) is 3.84. The van der Waals surface area contributed by atoms with Gasteiger partial charge in [0.1, 0.15) is 0 Å². The van der Waals surface area contributed by atoms with Crippen LogP contribution < -0.4 is 5.73 Å². The maximum Gasteiger partial charge on any atom is 0.0589 e. The lowest BCUT2D eigenvalue weighted by Crippen LogP contribution is -2.33. The molecule has 0 aliphatic carbocycles. The van der Waals surface area contributed by atoms with Crippen LogP contribution >= 0.6 is 11.3 Å². The third-order valence-corrected chi connectivity index (χ3v) is 4.94. The van der Waals surface area contributed by atoms with E-state index in [0.29, 0.717) is 6.04 Å². The molecule has 3 rings (SSSR count). The van der Waals surface area contributed by atoms with Crippen LogP contribution in [0, 0.1) is 0 Å². The summed E-state index contributed by atoms with van der Waals surface area (Å²) in [5, 5.41) is 3.64. The number of hydrogen-bond acceptors (Lipinski definition) is 4. The van der Waals surface area contributed by atoms with Crippen LogP contribution in [-0.2, 0) is 4.74 Å². The fourth-order valence-corrected chi connectivity index (χ4v) is 3.99. The van der Waals surface area contributed by atoms with Crippen molar-refractivity contribution in [3.05, 3.63) is 35.2 Å². The summed E-state index contributed by atoms with van der Waals surface area (Å²) in [5.74, 6) is 0. The molecule has 2 N–H and O–H groups in total. The van der Waals surface area contributed by atoms with Crippen molar-refractivity contribution in [1.82, 2.24) is 4.90 Å². The lowest BCUT2D eigenvalue weighted by molar-refractivity contribution is 0.139. The first kappa shape index (κ1) is 13.1. The number of hydrogen-bond donors (Lipinski definition) is 1. The molecule has 0 spiro atoms. The normalized spacial score (nSPS) is 24.3. The second kappa shape index (κ2) is 5.59. The van der Waals surface area contributed by atoms with Gasteiger partial charge in [-0.15, -0.1) is 11.3 Å². The summed E-state index contributed by atoms with van der Waals surface area (Å²) in [6.45, 7) is 2.80. The van der Waals surface area contributed by atoms with Crippen LogP contribution in [0.5, 0.6) is 0 Å². The van der Waals surface area contributed by atoms with E-state index in [0.717, 1.165) is 26.1 Å². The molecule has 1 aromatic carbocycles. The van der Waals surface area contributed by atoms with Crippen molar-refractivity contribution in [1.29, 1.82) is 0 Å².